The first-order chi connectivity index (χ1) is 6.86. The van der Waals surface area contributed by atoms with E-state index < -0.39 is 6.10 Å². The molecule has 0 spiro atoms. The van der Waals surface area contributed by atoms with Gasteiger partial charge in [0, 0.05) is 19.5 Å². The molecule has 2 rings (SSSR count). The van der Waals surface area contributed by atoms with Crippen LogP contribution in [0.2, 0.25) is 0 Å². The van der Waals surface area contributed by atoms with Crippen molar-refractivity contribution in [2.24, 2.45) is 4.99 Å². The maximum Gasteiger partial charge on any atom is 0.0970 e. The summed E-state index contributed by atoms with van der Waals surface area (Å²) in [5, 5.41) is 16.9. The Bertz CT molecular complexity index is 308. The van der Waals surface area contributed by atoms with Crippen molar-refractivity contribution >= 4 is 17.2 Å². The SMILES string of the molecule is OC(CNC1=NCCC1)c1ccsc1. The lowest BCUT2D eigenvalue weighted by Crippen LogP contribution is -2.26. The van der Waals surface area contributed by atoms with E-state index in [-0.39, 0.29) is 0 Å². The summed E-state index contributed by atoms with van der Waals surface area (Å²) in [6, 6.07) is 1.95. The number of aliphatic hydroxyl groups is 1. The van der Waals surface area contributed by atoms with E-state index in [2.05, 4.69) is 10.3 Å². The van der Waals surface area contributed by atoms with E-state index in [1.54, 1.807) is 11.3 Å². The molecule has 1 aromatic rings. The molecule has 1 atom stereocenters. The number of hydrogen-bond acceptors (Lipinski definition) is 4. The summed E-state index contributed by atoms with van der Waals surface area (Å²) in [6.45, 7) is 1.49. The molecule has 14 heavy (non-hydrogen) atoms. The molecule has 1 aromatic heterocycles. The van der Waals surface area contributed by atoms with Crippen LogP contribution in [0.1, 0.15) is 24.5 Å². The van der Waals surface area contributed by atoms with Crippen molar-refractivity contribution in [3.8, 4) is 0 Å². The van der Waals surface area contributed by atoms with Gasteiger partial charge in [-0.1, -0.05) is 0 Å². The highest BCUT2D eigenvalue weighted by atomic mass is 32.1. The largest absolute Gasteiger partial charge is 0.387 e. The van der Waals surface area contributed by atoms with Crippen molar-refractivity contribution in [2.45, 2.75) is 18.9 Å². The second kappa shape index (κ2) is 4.57. The van der Waals surface area contributed by atoms with E-state index in [1.165, 1.54) is 0 Å². The van der Waals surface area contributed by atoms with E-state index >= 15 is 0 Å². The van der Waals surface area contributed by atoms with Gasteiger partial charge >= 0.3 is 0 Å². The molecule has 0 radical (unpaired) electrons. The number of aliphatic hydroxyl groups excluding tert-OH is 1. The number of thiophene rings is 1. The molecule has 0 saturated heterocycles. The molecule has 0 fully saturated rings. The van der Waals surface area contributed by atoms with Gasteiger partial charge in [0.1, 0.15) is 0 Å². The minimum atomic E-state index is -0.412. The molecule has 76 valence electrons. The Morgan fingerprint density at radius 3 is 3.21 bits per heavy atom. The van der Waals surface area contributed by atoms with Crippen LogP contribution >= 0.6 is 11.3 Å². The van der Waals surface area contributed by atoms with Gasteiger partial charge in [-0.3, -0.25) is 4.99 Å². The Balaban J connectivity index is 1.80. The van der Waals surface area contributed by atoms with Crippen LogP contribution in [0.15, 0.2) is 21.8 Å². The number of amidine groups is 1. The molecule has 1 unspecified atom stereocenters. The van der Waals surface area contributed by atoms with Crippen molar-refractivity contribution in [1.29, 1.82) is 0 Å². The van der Waals surface area contributed by atoms with Crippen LogP contribution in [0, 0.1) is 0 Å². The summed E-state index contributed by atoms with van der Waals surface area (Å²) >= 11 is 1.61. The number of nitrogens with zero attached hydrogens (tertiary/aromatic N) is 1. The highest BCUT2D eigenvalue weighted by Crippen LogP contribution is 2.15. The van der Waals surface area contributed by atoms with Crippen molar-refractivity contribution in [1.82, 2.24) is 5.32 Å². The fourth-order valence-corrected chi connectivity index (χ4v) is 2.19. The molecule has 0 amide bonds. The first-order valence-corrected chi connectivity index (χ1v) is 5.78. The van der Waals surface area contributed by atoms with E-state index in [0.717, 1.165) is 30.8 Å². The summed E-state index contributed by atoms with van der Waals surface area (Å²) in [5.41, 5.74) is 0.987. The van der Waals surface area contributed by atoms with Gasteiger partial charge in [0.25, 0.3) is 0 Å². The fraction of sp³-hybridized carbons (Fsp3) is 0.500. The molecule has 2 heterocycles. The third kappa shape index (κ3) is 2.33. The molecule has 0 aliphatic carbocycles. The Hall–Kier alpha value is -0.870. The highest BCUT2D eigenvalue weighted by molar-refractivity contribution is 7.07. The number of hydrogen-bond donors (Lipinski definition) is 2. The van der Waals surface area contributed by atoms with Gasteiger partial charge in [-0.25, -0.2) is 0 Å². The lowest BCUT2D eigenvalue weighted by atomic mass is 10.2. The fourth-order valence-electron chi connectivity index (χ4n) is 1.48. The van der Waals surface area contributed by atoms with Crippen LogP contribution in [0.25, 0.3) is 0 Å². The van der Waals surface area contributed by atoms with E-state index in [4.69, 9.17) is 0 Å². The van der Waals surface area contributed by atoms with E-state index in [1.807, 2.05) is 16.8 Å². The van der Waals surface area contributed by atoms with Crippen LogP contribution < -0.4 is 5.32 Å². The van der Waals surface area contributed by atoms with Crippen LogP contribution in [0.4, 0.5) is 0 Å². The number of nitrogens with one attached hydrogen (secondary N) is 1. The van der Waals surface area contributed by atoms with Crippen LogP contribution in [0.5, 0.6) is 0 Å². The third-order valence-electron chi connectivity index (χ3n) is 2.30. The Labute approximate surface area is 87.5 Å². The summed E-state index contributed by atoms with van der Waals surface area (Å²) in [5.74, 6) is 1.04. The zero-order valence-corrected chi connectivity index (χ0v) is 8.76. The zero-order valence-electron chi connectivity index (χ0n) is 7.94. The minimum Gasteiger partial charge on any atom is -0.387 e. The van der Waals surface area contributed by atoms with Gasteiger partial charge in [0.05, 0.1) is 11.9 Å². The van der Waals surface area contributed by atoms with Crippen molar-refractivity contribution in [3.63, 3.8) is 0 Å². The van der Waals surface area contributed by atoms with Gasteiger partial charge in [0.15, 0.2) is 0 Å². The summed E-state index contributed by atoms with van der Waals surface area (Å²) < 4.78 is 0. The maximum atomic E-state index is 9.76. The first kappa shape index (κ1) is 9.68. The highest BCUT2D eigenvalue weighted by Gasteiger charge is 2.10. The average molecular weight is 210 g/mol. The van der Waals surface area contributed by atoms with Gasteiger partial charge in [-0.15, -0.1) is 0 Å². The number of aliphatic imine (C=N–C) groups is 1. The monoisotopic (exact) mass is 210 g/mol. The summed E-state index contributed by atoms with van der Waals surface area (Å²) in [7, 11) is 0. The Kier molecular flexibility index (Phi) is 3.16. The quantitative estimate of drug-likeness (QED) is 0.795. The molecule has 3 nitrogen and oxygen atoms in total. The van der Waals surface area contributed by atoms with Crippen molar-refractivity contribution in [2.75, 3.05) is 13.1 Å². The normalized spacial score (nSPS) is 17.9. The zero-order chi connectivity index (χ0) is 9.80. The topological polar surface area (TPSA) is 44.6 Å². The van der Waals surface area contributed by atoms with Crippen LogP contribution in [-0.4, -0.2) is 24.0 Å². The molecule has 0 aromatic carbocycles. The van der Waals surface area contributed by atoms with Crippen molar-refractivity contribution in [3.05, 3.63) is 22.4 Å². The molecule has 1 aliphatic heterocycles. The second-order valence-electron chi connectivity index (χ2n) is 3.39. The Morgan fingerprint density at radius 1 is 1.64 bits per heavy atom. The standard InChI is InChI=1S/C10H14N2OS/c13-9(8-3-5-14-7-8)6-12-10-2-1-4-11-10/h3,5,7,9,13H,1-2,4,6H2,(H,11,12). The van der Waals surface area contributed by atoms with Gasteiger partial charge < -0.3 is 10.4 Å². The molecule has 4 heteroatoms. The predicted octanol–water partition coefficient (Wildman–Crippen LogP) is 1.56. The summed E-state index contributed by atoms with van der Waals surface area (Å²) in [6.07, 6.45) is 1.75. The average Bonchev–Trinajstić information content (AvgIpc) is 2.87. The lowest BCUT2D eigenvalue weighted by molar-refractivity contribution is 0.181. The smallest absolute Gasteiger partial charge is 0.0970 e. The summed E-state index contributed by atoms with van der Waals surface area (Å²) in [4.78, 5) is 4.29. The molecular formula is C10H14N2OS. The second-order valence-corrected chi connectivity index (χ2v) is 4.17. The molecule has 0 saturated carbocycles. The first-order valence-electron chi connectivity index (χ1n) is 4.83. The van der Waals surface area contributed by atoms with Crippen molar-refractivity contribution < 1.29 is 5.11 Å². The molecule has 2 N–H and O–H groups in total. The van der Waals surface area contributed by atoms with Gasteiger partial charge in [-0.2, -0.15) is 11.3 Å². The Morgan fingerprint density at radius 2 is 2.57 bits per heavy atom. The third-order valence-corrected chi connectivity index (χ3v) is 3.00. The van der Waals surface area contributed by atoms with Crippen LogP contribution in [-0.2, 0) is 0 Å². The van der Waals surface area contributed by atoms with Crippen LogP contribution in [0.3, 0.4) is 0 Å². The van der Waals surface area contributed by atoms with E-state index in [0.29, 0.717) is 6.54 Å². The molecular weight excluding hydrogens is 196 g/mol. The molecule has 1 aliphatic rings. The predicted molar refractivity (Wildman–Crippen MR) is 58.8 cm³/mol. The minimum absolute atomic E-state index is 0.412. The maximum absolute atomic E-state index is 9.76. The van der Waals surface area contributed by atoms with E-state index in [9.17, 15) is 5.11 Å². The molecule has 0 bridgehead atoms. The van der Waals surface area contributed by atoms with Gasteiger partial charge in [0.2, 0.25) is 0 Å². The van der Waals surface area contributed by atoms with Gasteiger partial charge in [-0.05, 0) is 28.8 Å². The lowest BCUT2D eigenvalue weighted by Gasteiger charge is -2.10. The number of rotatable bonds is 3.